The molecule has 19 heavy (non-hydrogen) atoms. The van der Waals surface area contributed by atoms with Crippen molar-refractivity contribution in [2.45, 2.75) is 31.4 Å². The van der Waals surface area contributed by atoms with Gasteiger partial charge >= 0.3 is 0 Å². The van der Waals surface area contributed by atoms with Gasteiger partial charge in [-0.2, -0.15) is 0 Å². The van der Waals surface area contributed by atoms with E-state index >= 15 is 0 Å². The first-order valence-electron chi connectivity index (χ1n) is 6.84. The molecule has 2 saturated heterocycles. The maximum Gasteiger partial charge on any atom is 0.276 e. The summed E-state index contributed by atoms with van der Waals surface area (Å²) in [5.41, 5.74) is 0.382. The predicted octanol–water partition coefficient (Wildman–Crippen LogP) is -0.591. The number of hydrogen-bond acceptors (Lipinski definition) is 5. The van der Waals surface area contributed by atoms with Gasteiger partial charge in [-0.05, 0) is 32.4 Å². The zero-order chi connectivity index (χ0) is 13.2. The minimum absolute atomic E-state index is 0.128. The van der Waals surface area contributed by atoms with Crippen molar-refractivity contribution < 1.29 is 9.90 Å². The number of aliphatic hydroxyl groups excluding tert-OH is 1. The number of carbonyl (C=O) groups is 1. The third-order valence-corrected chi connectivity index (χ3v) is 3.86. The molecule has 0 bridgehead atoms. The summed E-state index contributed by atoms with van der Waals surface area (Å²) in [6.07, 6.45) is 4.01. The molecular weight excluding hydrogens is 246 g/mol. The van der Waals surface area contributed by atoms with Gasteiger partial charge in [-0.1, -0.05) is 5.21 Å². The lowest BCUT2D eigenvalue weighted by molar-refractivity contribution is 0.0759. The van der Waals surface area contributed by atoms with E-state index in [2.05, 4.69) is 15.6 Å². The summed E-state index contributed by atoms with van der Waals surface area (Å²) in [5.74, 6) is -0.128. The van der Waals surface area contributed by atoms with E-state index in [-0.39, 0.29) is 5.91 Å². The van der Waals surface area contributed by atoms with Gasteiger partial charge in [0.15, 0.2) is 5.69 Å². The van der Waals surface area contributed by atoms with Crippen molar-refractivity contribution in [3.8, 4) is 0 Å². The van der Waals surface area contributed by atoms with E-state index in [1.54, 1.807) is 15.8 Å². The quantitative estimate of drug-likeness (QED) is 0.747. The molecule has 7 heteroatoms. The lowest BCUT2D eigenvalue weighted by Crippen LogP contribution is -2.30. The number of carbonyl (C=O) groups excluding carboxylic acids is 1. The van der Waals surface area contributed by atoms with Crippen molar-refractivity contribution in [1.82, 2.24) is 25.2 Å². The van der Waals surface area contributed by atoms with Gasteiger partial charge in [-0.15, -0.1) is 5.10 Å². The highest BCUT2D eigenvalue weighted by molar-refractivity contribution is 5.92. The van der Waals surface area contributed by atoms with Crippen LogP contribution in [0.1, 0.15) is 35.8 Å². The minimum atomic E-state index is -0.400. The SMILES string of the molecule is O=C(c1cn(C2CCNCC2)nn1)N1CCC(O)C1. The molecule has 0 saturated carbocycles. The van der Waals surface area contributed by atoms with Gasteiger partial charge in [-0.25, -0.2) is 4.68 Å². The second-order valence-corrected chi connectivity index (χ2v) is 5.26. The Morgan fingerprint density at radius 1 is 1.37 bits per heavy atom. The lowest BCUT2D eigenvalue weighted by Gasteiger charge is -2.22. The Labute approximate surface area is 111 Å². The summed E-state index contributed by atoms with van der Waals surface area (Å²) < 4.78 is 1.81. The number of amides is 1. The first-order chi connectivity index (χ1) is 9.24. The lowest BCUT2D eigenvalue weighted by atomic mass is 10.1. The summed E-state index contributed by atoms with van der Waals surface area (Å²) in [7, 11) is 0. The molecule has 0 spiro atoms. The van der Waals surface area contributed by atoms with Crippen molar-refractivity contribution >= 4 is 5.91 Å². The van der Waals surface area contributed by atoms with E-state index < -0.39 is 6.10 Å². The fraction of sp³-hybridized carbons (Fsp3) is 0.750. The average Bonchev–Trinajstić information content (AvgIpc) is 3.08. The molecule has 1 unspecified atom stereocenters. The Bertz CT molecular complexity index is 455. The van der Waals surface area contributed by atoms with Gasteiger partial charge in [0.2, 0.25) is 0 Å². The van der Waals surface area contributed by atoms with E-state index in [9.17, 15) is 9.90 Å². The Morgan fingerprint density at radius 2 is 2.16 bits per heavy atom. The second kappa shape index (κ2) is 5.26. The van der Waals surface area contributed by atoms with E-state index in [4.69, 9.17) is 0 Å². The van der Waals surface area contributed by atoms with Crippen molar-refractivity contribution in [2.24, 2.45) is 0 Å². The van der Waals surface area contributed by atoms with Crippen LogP contribution in [0.15, 0.2) is 6.20 Å². The highest BCUT2D eigenvalue weighted by atomic mass is 16.3. The van der Waals surface area contributed by atoms with Crippen molar-refractivity contribution in [1.29, 1.82) is 0 Å². The molecule has 104 valence electrons. The van der Waals surface area contributed by atoms with E-state index in [1.165, 1.54) is 0 Å². The molecule has 1 amide bonds. The maximum absolute atomic E-state index is 12.2. The van der Waals surface area contributed by atoms with Gasteiger partial charge in [0.1, 0.15) is 0 Å². The van der Waals surface area contributed by atoms with Crippen LogP contribution in [0.3, 0.4) is 0 Å². The Morgan fingerprint density at radius 3 is 2.84 bits per heavy atom. The van der Waals surface area contributed by atoms with Gasteiger partial charge in [0, 0.05) is 13.1 Å². The number of piperidine rings is 1. The zero-order valence-corrected chi connectivity index (χ0v) is 10.8. The highest BCUT2D eigenvalue weighted by Crippen LogP contribution is 2.18. The molecule has 7 nitrogen and oxygen atoms in total. The van der Waals surface area contributed by atoms with Crippen LogP contribution in [-0.2, 0) is 0 Å². The smallest absolute Gasteiger partial charge is 0.276 e. The number of likely N-dealkylation sites (tertiary alicyclic amines) is 1. The molecule has 1 aromatic heterocycles. The minimum Gasteiger partial charge on any atom is -0.391 e. The highest BCUT2D eigenvalue weighted by Gasteiger charge is 2.27. The van der Waals surface area contributed by atoms with Crippen molar-refractivity contribution in [2.75, 3.05) is 26.2 Å². The molecule has 2 fully saturated rings. The monoisotopic (exact) mass is 265 g/mol. The molecule has 2 aliphatic rings. The number of β-amino-alcohol motifs (C(OH)–C–C–N with tert-alkyl or cyclic N) is 1. The zero-order valence-electron chi connectivity index (χ0n) is 10.8. The van der Waals surface area contributed by atoms with E-state index in [0.29, 0.717) is 31.2 Å². The molecule has 1 aromatic rings. The van der Waals surface area contributed by atoms with Gasteiger partial charge < -0.3 is 15.3 Å². The molecule has 0 radical (unpaired) electrons. The van der Waals surface area contributed by atoms with Crippen LogP contribution >= 0.6 is 0 Å². The average molecular weight is 265 g/mol. The maximum atomic E-state index is 12.2. The van der Waals surface area contributed by atoms with Gasteiger partial charge in [0.05, 0.1) is 18.3 Å². The van der Waals surface area contributed by atoms with Gasteiger partial charge in [-0.3, -0.25) is 4.79 Å². The normalized spacial score (nSPS) is 24.9. The standard InChI is InChI=1S/C12H19N5O2/c18-10-3-6-16(7-10)12(19)11-8-17(15-14-11)9-1-4-13-5-2-9/h8-10,13,18H,1-7H2. The molecule has 2 N–H and O–H groups in total. The molecule has 0 aromatic carbocycles. The summed E-state index contributed by atoms with van der Waals surface area (Å²) in [4.78, 5) is 13.8. The predicted molar refractivity (Wildman–Crippen MR) is 67.7 cm³/mol. The first kappa shape index (κ1) is 12.6. The fourth-order valence-corrected chi connectivity index (χ4v) is 2.71. The van der Waals surface area contributed by atoms with Crippen LogP contribution < -0.4 is 5.32 Å². The number of aliphatic hydroxyl groups is 1. The van der Waals surface area contributed by atoms with E-state index in [1.807, 2.05) is 0 Å². The number of rotatable bonds is 2. The number of nitrogens with one attached hydrogen (secondary N) is 1. The molecule has 3 rings (SSSR count). The summed E-state index contributed by atoms with van der Waals surface area (Å²) >= 11 is 0. The van der Waals surface area contributed by atoms with Crippen LogP contribution in [0.2, 0.25) is 0 Å². The molecule has 2 aliphatic heterocycles. The Balaban J connectivity index is 1.68. The van der Waals surface area contributed by atoms with Crippen LogP contribution in [0.25, 0.3) is 0 Å². The summed E-state index contributed by atoms with van der Waals surface area (Å²) in [6, 6.07) is 0.333. The van der Waals surface area contributed by atoms with Crippen LogP contribution in [0.4, 0.5) is 0 Å². The molecular formula is C12H19N5O2. The number of nitrogens with zero attached hydrogens (tertiary/aromatic N) is 4. The Hall–Kier alpha value is -1.47. The van der Waals surface area contributed by atoms with Crippen molar-refractivity contribution in [3.05, 3.63) is 11.9 Å². The molecule has 1 atom stereocenters. The third kappa shape index (κ3) is 2.62. The topological polar surface area (TPSA) is 83.3 Å². The largest absolute Gasteiger partial charge is 0.391 e. The van der Waals surface area contributed by atoms with Crippen molar-refractivity contribution in [3.63, 3.8) is 0 Å². The summed E-state index contributed by atoms with van der Waals surface area (Å²) in [5, 5.41) is 20.8. The van der Waals surface area contributed by atoms with Crippen LogP contribution in [-0.4, -0.2) is 63.2 Å². The fourth-order valence-electron chi connectivity index (χ4n) is 2.71. The van der Waals surface area contributed by atoms with Crippen LogP contribution in [0.5, 0.6) is 0 Å². The molecule has 0 aliphatic carbocycles. The first-order valence-corrected chi connectivity index (χ1v) is 6.84. The van der Waals surface area contributed by atoms with E-state index in [0.717, 1.165) is 25.9 Å². The Kier molecular flexibility index (Phi) is 3.48. The number of hydrogen-bond donors (Lipinski definition) is 2. The third-order valence-electron chi connectivity index (χ3n) is 3.86. The second-order valence-electron chi connectivity index (χ2n) is 5.26. The number of aromatic nitrogens is 3. The van der Waals surface area contributed by atoms with Crippen LogP contribution in [0, 0.1) is 0 Å². The van der Waals surface area contributed by atoms with Gasteiger partial charge in [0.25, 0.3) is 5.91 Å². The summed E-state index contributed by atoms with van der Waals surface area (Å²) in [6.45, 7) is 2.96. The molecule has 3 heterocycles.